The van der Waals surface area contributed by atoms with E-state index in [9.17, 15) is 4.79 Å². The molecule has 1 N–H and O–H groups in total. The maximum atomic E-state index is 10.5. The summed E-state index contributed by atoms with van der Waals surface area (Å²) in [4.78, 5) is 10.5. The van der Waals surface area contributed by atoms with Crippen LogP contribution in [0.3, 0.4) is 0 Å². The maximum absolute atomic E-state index is 10.5. The lowest BCUT2D eigenvalue weighted by Gasteiger charge is -2.12. The highest BCUT2D eigenvalue weighted by Gasteiger charge is 2.10. The number of carboxylic acids is 1. The van der Waals surface area contributed by atoms with Crippen molar-refractivity contribution < 1.29 is 14.6 Å². The van der Waals surface area contributed by atoms with Crippen LogP contribution in [0.4, 0.5) is 0 Å². The first-order valence-electron chi connectivity index (χ1n) is 6.50. The molecule has 0 amide bonds. The van der Waals surface area contributed by atoms with Crippen LogP contribution in [0.5, 0.6) is 0 Å². The molecule has 0 aliphatic carbocycles. The Morgan fingerprint density at radius 2 is 1.88 bits per heavy atom. The van der Waals surface area contributed by atoms with E-state index in [0.29, 0.717) is 6.61 Å². The zero-order valence-corrected chi connectivity index (χ0v) is 10.7. The minimum atomic E-state index is -0.724. The van der Waals surface area contributed by atoms with E-state index in [2.05, 4.69) is 6.92 Å². The molecule has 0 aromatic carbocycles. The number of hydrogen-bond donors (Lipinski definition) is 1. The first-order chi connectivity index (χ1) is 7.70. The third-order valence-corrected chi connectivity index (χ3v) is 2.79. The van der Waals surface area contributed by atoms with Gasteiger partial charge in [0.05, 0.1) is 6.42 Å². The van der Waals surface area contributed by atoms with Crippen molar-refractivity contribution in [2.45, 2.75) is 58.8 Å². The molecule has 1 unspecified atom stereocenters. The van der Waals surface area contributed by atoms with Crippen molar-refractivity contribution in [1.82, 2.24) is 0 Å². The van der Waals surface area contributed by atoms with Crippen LogP contribution in [0.1, 0.15) is 58.8 Å². The third-order valence-electron chi connectivity index (χ3n) is 2.79. The summed E-state index contributed by atoms with van der Waals surface area (Å²) in [5, 5.41) is 8.66. The van der Waals surface area contributed by atoms with Gasteiger partial charge in [0.1, 0.15) is 0 Å². The van der Waals surface area contributed by atoms with Gasteiger partial charge in [-0.1, -0.05) is 46.0 Å². The second-order valence-corrected chi connectivity index (χ2v) is 4.36. The molecule has 0 radical (unpaired) electrons. The van der Waals surface area contributed by atoms with Crippen LogP contribution in [-0.4, -0.2) is 24.3 Å². The van der Waals surface area contributed by atoms with Gasteiger partial charge in [-0.25, -0.2) is 0 Å². The van der Waals surface area contributed by atoms with Gasteiger partial charge in [-0.15, -0.1) is 0 Å². The second-order valence-electron chi connectivity index (χ2n) is 4.36. The number of aliphatic carboxylic acids is 1. The fourth-order valence-corrected chi connectivity index (χ4v) is 1.63. The summed E-state index contributed by atoms with van der Waals surface area (Å²) in [5.41, 5.74) is 0. The molecule has 0 fully saturated rings. The smallest absolute Gasteiger partial charge is 0.303 e. The highest BCUT2D eigenvalue weighted by Crippen LogP contribution is 2.09. The van der Waals surface area contributed by atoms with Crippen LogP contribution in [0.25, 0.3) is 0 Å². The molecule has 16 heavy (non-hydrogen) atoms. The summed E-state index contributed by atoms with van der Waals surface area (Å²) in [5.74, 6) is -0.550. The molecular formula is C13H26O3. The number of carbonyl (C=O) groups is 1. The Labute approximate surface area is 99.2 Å². The Hall–Kier alpha value is -0.570. The molecule has 0 aromatic rings. The number of unbranched alkanes of at least 4 members (excludes halogenated alkanes) is 4. The van der Waals surface area contributed by atoms with Gasteiger partial charge in [0, 0.05) is 13.2 Å². The summed E-state index contributed by atoms with van der Waals surface area (Å²) >= 11 is 0. The molecule has 0 rings (SSSR count). The molecular weight excluding hydrogens is 204 g/mol. The molecule has 3 heteroatoms. The number of ether oxygens (including phenoxy) is 1. The van der Waals surface area contributed by atoms with Crippen LogP contribution < -0.4 is 0 Å². The molecule has 0 saturated carbocycles. The lowest BCUT2D eigenvalue weighted by atomic mass is 10.0. The Balaban J connectivity index is 3.31. The van der Waals surface area contributed by atoms with Crippen molar-refractivity contribution in [3.8, 4) is 0 Å². The van der Waals surface area contributed by atoms with E-state index in [-0.39, 0.29) is 12.3 Å². The van der Waals surface area contributed by atoms with Gasteiger partial charge in [-0.3, -0.25) is 4.79 Å². The van der Waals surface area contributed by atoms with E-state index in [1.54, 1.807) is 0 Å². The quantitative estimate of drug-likeness (QED) is 0.553. The Kier molecular flexibility index (Phi) is 10.5. The standard InChI is InChI=1S/C13H26O3/c1-3-5-6-7-8-9-16-11-12(4-2)10-13(14)15/h12H,3-11H2,1-2H3,(H,14,15). The number of hydrogen-bond acceptors (Lipinski definition) is 2. The molecule has 96 valence electrons. The van der Waals surface area contributed by atoms with Gasteiger partial charge < -0.3 is 9.84 Å². The van der Waals surface area contributed by atoms with Crippen LogP contribution in [0.2, 0.25) is 0 Å². The highest BCUT2D eigenvalue weighted by atomic mass is 16.5. The second kappa shape index (κ2) is 10.9. The monoisotopic (exact) mass is 230 g/mol. The highest BCUT2D eigenvalue weighted by molar-refractivity contribution is 5.66. The number of rotatable bonds is 11. The average Bonchev–Trinajstić information content (AvgIpc) is 2.25. The van der Waals surface area contributed by atoms with Crippen LogP contribution in [0.15, 0.2) is 0 Å². The van der Waals surface area contributed by atoms with Gasteiger partial charge in [-0.05, 0) is 12.3 Å². The van der Waals surface area contributed by atoms with E-state index in [0.717, 1.165) is 19.4 Å². The summed E-state index contributed by atoms with van der Waals surface area (Å²) < 4.78 is 5.50. The van der Waals surface area contributed by atoms with Crippen LogP contribution >= 0.6 is 0 Å². The Morgan fingerprint density at radius 3 is 2.44 bits per heavy atom. The fourth-order valence-electron chi connectivity index (χ4n) is 1.63. The molecule has 3 nitrogen and oxygen atoms in total. The minimum Gasteiger partial charge on any atom is -0.481 e. The first kappa shape index (κ1) is 15.4. The lowest BCUT2D eigenvalue weighted by molar-refractivity contribution is -0.138. The van der Waals surface area contributed by atoms with Gasteiger partial charge in [0.25, 0.3) is 0 Å². The number of carboxylic acid groups (broad SMARTS) is 1. The Morgan fingerprint density at radius 1 is 1.19 bits per heavy atom. The summed E-state index contributed by atoms with van der Waals surface area (Å²) in [7, 11) is 0. The van der Waals surface area contributed by atoms with Crippen molar-refractivity contribution in [3.63, 3.8) is 0 Å². The third kappa shape index (κ3) is 9.97. The predicted octanol–water partition coefficient (Wildman–Crippen LogP) is 3.47. The van der Waals surface area contributed by atoms with E-state index in [1.807, 2.05) is 6.92 Å². The largest absolute Gasteiger partial charge is 0.481 e. The molecule has 0 aliphatic heterocycles. The van der Waals surface area contributed by atoms with Gasteiger partial charge in [0.15, 0.2) is 0 Å². The van der Waals surface area contributed by atoms with Gasteiger partial charge in [-0.2, -0.15) is 0 Å². The molecule has 0 aliphatic rings. The lowest BCUT2D eigenvalue weighted by Crippen LogP contribution is -2.14. The van der Waals surface area contributed by atoms with Gasteiger partial charge >= 0.3 is 5.97 Å². The summed E-state index contributed by atoms with van der Waals surface area (Å²) in [6.45, 7) is 5.59. The average molecular weight is 230 g/mol. The van der Waals surface area contributed by atoms with E-state index < -0.39 is 5.97 Å². The van der Waals surface area contributed by atoms with Crippen LogP contribution in [0, 0.1) is 5.92 Å². The molecule has 0 bridgehead atoms. The molecule has 0 saturated heterocycles. The van der Waals surface area contributed by atoms with E-state index in [1.165, 1.54) is 25.7 Å². The first-order valence-corrected chi connectivity index (χ1v) is 6.50. The Bertz CT molecular complexity index is 169. The normalized spacial score (nSPS) is 12.6. The van der Waals surface area contributed by atoms with E-state index >= 15 is 0 Å². The van der Waals surface area contributed by atoms with E-state index in [4.69, 9.17) is 9.84 Å². The maximum Gasteiger partial charge on any atom is 0.303 e. The zero-order chi connectivity index (χ0) is 12.2. The van der Waals surface area contributed by atoms with Crippen molar-refractivity contribution in [3.05, 3.63) is 0 Å². The molecule has 0 spiro atoms. The molecule has 0 heterocycles. The molecule has 1 atom stereocenters. The summed E-state index contributed by atoms with van der Waals surface area (Å²) in [6.07, 6.45) is 7.28. The zero-order valence-electron chi connectivity index (χ0n) is 10.7. The summed E-state index contributed by atoms with van der Waals surface area (Å²) in [6, 6.07) is 0. The topological polar surface area (TPSA) is 46.5 Å². The van der Waals surface area contributed by atoms with Crippen molar-refractivity contribution >= 4 is 5.97 Å². The van der Waals surface area contributed by atoms with Crippen molar-refractivity contribution in [2.24, 2.45) is 5.92 Å². The minimum absolute atomic E-state index is 0.174. The van der Waals surface area contributed by atoms with Crippen molar-refractivity contribution in [2.75, 3.05) is 13.2 Å². The van der Waals surface area contributed by atoms with Crippen LogP contribution in [-0.2, 0) is 9.53 Å². The molecule has 0 aromatic heterocycles. The predicted molar refractivity (Wildman–Crippen MR) is 65.6 cm³/mol. The van der Waals surface area contributed by atoms with Crippen molar-refractivity contribution in [1.29, 1.82) is 0 Å². The fraction of sp³-hybridized carbons (Fsp3) is 0.923. The SMILES string of the molecule is CCCCCCCOCC(CC)CC(=O)O. The van der Waals surface area contributed by atoms with Gasteiger partial charge in [0.2, 0.25) is 0 Å².